The molecule has 0 bridgehead atoms. The number of aromatic nitrogens is 2. The Morgan fingerprint density at radius 1 is 0.695 bits per heavy atom. The van der Waals surface area contributed by atoms with Crippen molar-refractivity contribution >= 4 is 35.3 Å². The highest BCUT2D eigenvalue weighted by Gasteiger charge is 2.57. The molecule has 3 aliphatic carbocycles. The third-order valence-electron chi connectivity index (χ3n) is 13.7. The first-order valence-corrected chi connectivity index (χ1v) is 21.3. The van der Waals surface area contributed by atoms with Gasteiger partial charge in [0.15, 0.2) is 0 Å². The summed E-state index contributed by atoms with van der Waals surface area (Å²) >= 11 is 0. The van der Waals surface area contributed by atoms with Crippen LogP contribution in [0.4, 0.5) is 9.59 Å². The number of fused-ring (bicyclic) bond motifs is 2. The van der Waals surface area contributed by atoms with Gasteiger partial charge >= 0.3 is 12.2 Å². The molecule has 9 rings (SSSR count). The molecule has 0 radical (unpaired) electrons. The van der Waals surface area contributed by atoms with Crippen molar-refractivity contribution in [2.24, 2.45) is 28.7 Å². The van der Waals surface area contributed by atoms with Crippen LogP contribution in [0.1, 0.15) is 107 Å². The maximum Gasteiger partial charge on any atom is 0.407 e. The Morgan fingerprint density at radius 2 is 1.20 bits per heavy atom. The molecular weight excluding hydrogens is 747 g/mol. The first-order valence-electron chi connectivity index (χ1n) is 21.3. The molecule has 0 spiro atoms. The maximum atomic E-state index is 13.8. The molecule has 13 heteroatoms. The smallest absolute Gasteiger partial charge is 0.407 e. The van der Waals surface area contributed by atoms with Gasteiger partial charge in [0.05, 0.1) is 38.2 Å². The summed E-state index contributed by atoms with van der Waals surface area (Å²) in [6.45, 7) is 7.75. The van der Waals surface area contributed by atoms with E-state index in [1.54, 1.807) is 0 Å². The number of hydrogen-bond donors (Lipinski definition) is 3. The van der Waals surface area contributed by atoms with Crippen LogP contribution in [0, 0.1) is 23.7 Å². The molecule has 0 unspecified atom stereocenters. The third-order valence-corrected chi connectivity index (χ3v) is 13.7. The summed E-state index contributed by atoms with van der Waals surface area (Å²) in [5.74, 6) is 2.40. The first kappa shape index (κ1) is 39.0. The van der Waals surface area contributed by atoms with Crippen LogP contribution in [0.15, 0.2) is 65.9 Å². The SMILES string of the molecule is COC(=O)N[C@H](C(=O)N1[C@@H]2C[C@@H]2C[C@H]1C1=NC=C(c2ccc([C@H]3C[C@@H]3c3ccc(-c4cnc([C@@H]5C[C@H]6C[C@H]6N5C(=O)[C@@H](NC(=O)OC)C(C)C)[nH]4)cc3)cc2)C1)C(C)C. The van der Waals surface area contributed by atoms with Crippen LogP contribution >= 0.6 is 0 Å². The summed E-state index contributed by atoms with van der Waals surface area (Å²) in [6, 6.07) is 16.6. The summed E-state index contributed by atoms with van der Waals surface area (Å²) < 4.78 is 9.62. The Balaban J connectivity index is 0.804. The van der Waals surface area contributed by atoms with Crippen LogP contribution in [0.5, 0.6) is 0 Å². The molecule has 6 aliphatic rings. The number of imidazole rings is 1. The van der Waals surface area contributed by atoms with Crippen molar-refractivity contribution in [2.75, 3.05) is 14.2 Å². The number of benzene rings is 2. The second kappa shape index (κ2) is 15.3. The van der Waals surface area contributed by atoms with Crippen LogP contribution < -0.4 is 10.6 Å². The molecule has 4 amide bonds. The fraction of sp³-hybridized carbons (Fsp3) is 0.522. The number of piperidine rings is 2. The second-order valence-electron chi connectivity index (χ2n) is 18.2. The Kier molecular flexibility index (Phi) is 10.1. The number of H-pyrrole nitrogens is 1. The zero-order chi connectivity index (χ0) is 41.3. The largest absolute Gasteiger partial charge is 0.453 e. The first-order chi connectivity index (χ1) is 28.4. The van der Waals surface area contributed by atoms with Crippen molar-refractivity contribution in [3.05, 3.63) is 83.4 Å². The number of carbonyl (C=O) groups excluding carboxylic acids is 4. The van der Waals surface area contributed by atoms with Crippen molar-refractivity contribution in [3.8, 4) is 11.3 Å². The van der Waals surface area contributed by atoms with E-state index in [0.717, 1.165) is 66.0 Å². The number of allylic oxidation sites excluding steroid dienone is 1. The highest BCUT2D eigenvalue weighted by molar-refractivity contribution is 6.04. The predicted octanol–water partition coefficient (Wildman–Crippen LogP) is 6.95. The van der Waals surface area contributed by atoms with E-state index in [1.807, 2.05) is 49.9 Å². The van der Waals surface area contributed by atoms with Gasteiger partial charge in [-0.05, 0) is 95.4 Å². The molecule has 3 saturated carbocycles. The predicted molar refractivity (Wildman–Crippen MR) is 222 cm³/mol. The highest BCUT2D eigenvalue weighted by Crippen LogP contribution is 2.56. The molecule has 3 N–H and O–H groups in total. The third kappa shape index (κ3) is 7.41. The van der Waals surface area contributed by atoms with Crippen LogP contribution in [-0.4, -0.2) is 93.9 Å². The molecule has 2 aromatic carbocycles. The van der Waals surface area contributed by atoms with Crippen molar-refractivity contribution < 1.29 is 28.7 Å². The number of methoxy groups -OCH3 is 2. The Labute approximate surface area is 345 Å². The van der Waals surface area contributed by atoms with E-state index in [0.29, 0.717) is 30.1 Å². The molecule has 310 valence electrons. The van der Waals surface area contributed by atoms with Gasteiger partial charge in [0.25, 0.3) is 0 Å². The number of likely N-dealkylation sites (tertiary alicyclic amines) is 2. The number of aliphatic imine (C=N–C) groups is 1. The van der Waals surface area contributed by atoms with Gasteiger partial charge in [0.2, 0.25) is 11.8 Å². The number of amides is 4. The molecule has 59 heavy (non-hydrogen) atoms. The number of aromatic amines is 1. The summed E-state index contributed by atoms with van der Waals surface area (Å²) in [7, 11) is 2.63. The van der Waals surface area contributed by atoms with E-state index in [2.05, 4.69) is 64.1 Å². The van der Waals surface area contributed by atoms with E-state index in [1.165, 1.54) is 25.3 Å². The maximum absolute atomic E-state index is 13.8. The Hall–Kier alpha value is -5.46. The minimum atomic E-state index is -0.662. The van der Waals surface area contributed by atoms with Gasteiger partial charge in [-0.3, -0.25) is 14.6 Å². The monoisotopic (exact) mass is 801 g/mol. The normalized spacial score (nSPS) is 28.3. The molecule has 3 aromatic rings. The molecule has 4 heterocycles. The van der Waals surface area contributed by atoms with E-state index in [4.69, 9.17) is 19.5 Å². The summed E-state index contributed by atoms with van der Waals surface area (Å²) in [4.78, 5) is 68.8. The number of nitrogens with zero attached hydrogens (tertiary/aromatic N) is 4. The average Bonchev–Trinajstić information content (AvgIpc) is 4.16. The molecule has 5 fully saturated rings. The Bertz CT molecular complexity index is 2190. The minimum absolute atomic E-state index is 0.0464. The lowest BCUT2D eigenvalue weighted by Gasteiger charge is -2.33. The van der Waals surface area contributed by atoms with E-state index < -0.39 is 24.3 Å². The zero-order valence-electron chi connectivity index (χ0n) is 34.7. The van der Waals surface area contributed by atoms with E-state index in [-0.39, 0.29) is 47.8 Å². The number of carbonyl (C=O) groups is 4. The van der Waals surface area contributed by atoms with Crippen molar-refractivity contribution in [2.45, 2.75) is 114 Å². The van der Waals surface area contributed by atoms with E-state index >= 15 is 0 Å². The fourth-order valence-electron chi connectivity index (χ4n) is 10.1. The van der Waals surface area contributed by atoms with Gasteiger partial charge in [0.1, 0.15) is 17.9 Å². The molecule has 2 saturated heterocycles. The number of alkyl carbamates (subject to hydrolysis) is 2. The quantitative estimate of drug-likeness (QED) is 0.179. The van der Waals surface area contributed by atoms with Gasteiger partial charge in [-0.25, -0.2) is 14.6 Å². The number of rotatable bonds is 12. The van der Waals surface area contributed by atoms with Crippen molar-refractivity contribution in [3.63, 3.8) is 0 Å². The average molecular weight is 802 g/mol. The fourth-order valence-corrected chi connectivity index (χ4v) is 10.1. The molecular formula is C46H55N7O6. The second-order valence-corrected chi connectivity index (χ2v) is 18.2. The van der Waals surface area contributed by atoms with Crippen LogP contribution in [0.25, 0.3) is 16.8 Å². The van der Waals surface area contributed by atoms with E-state index in [9.17, 15) is 19.2 Å². The lowest BCUT2D eigenvalue weighted by molar-refractivity contribution is -0.137. The lowest BCUT2D eigenvalue weighted by atomic mass is 9.95. The summed E-state index contributed by atoms with van der Waals surface area (Å²) in [6.07, 6.45) is 8.25. The molecule has 10 atom stereocenters. The lowest BCUT2D eigenvalue weighted by Crippen LogP contribution is -2.54. The number of ether oxygens (including phenoxy) is 2. The van der Waals surface area contributed by atoms with Gasteiger partial charge in [-0.2, -0.15) is 0 Å². The van der Waals surface area contributed by atoms with Gasteiger partial charge in [-0.1, -0.05) is 76.2 Å². The number of nitrogens with one attached hydrogen (secondary N) is 3. The summed E-state index contributed by atoms with van der Waals surface area (Å²) in [5.41, 5.74) is 7.97. The standard InChI is InChI=1S/C46H55N7O6/c1-23(2)40(50-45(56)58-5)43(54)52-36-16-29(36)18-38(52)34-15-31(21-47-34)25-7-9-26(10-8-25)32-20-33(32)27-11-13-28(14-12-27)35-22-48-42(49-35)39-19-30-17-37(30)53(39)44(55)41(24(3)4)51-46(57)59-6/h7-14,21-24,29-30,32-33,36-41H,15-20H2,1-6H3,(H,48,49)(H,50,56)(H,51,57)/t29-,30-,32-,33-,36-,37-,38+,39+,40+,41+/m1/s1. The number of hydrogen-bond acceptors (Lipinski definition) is 8. The van der Waals surface area contributed by atoms with Crippen LogP contribution in [-0.2, 0) is 19.1 Å². The Morgan fingerprint density at radius 3 is 1.73 bits per heavy atom. The molecule has 3 aliphatic heterocycles. The highest BCUT2D eigenvalue weighted by atomic mass is 16.5. The van der Waals surface area contributed by atoms with Gasteiger partial charge < -0.3 is 34.9 Å². The zero-order valence-corrected chi connectivity index (χ0v) is 34.7. The minimum Gasteiger partial charge on any atom is -0.453 e. The topological polar surface area (TPSA) is 158 Å². The van der Waals surface area contributed by atoms with Crippen LogP contribution in [0.3, 0.4) is 0 Å². The molecule has 1 aromatic heterocycles. The summed E-state index contributed by atoms with van der Waals surface area (Å²) in [5, 5.41) is 5.51. The molecule has 13 nitrogen and oxygen atoms in total. The van der Waals surface area contributed by atoms with Gasteiger partial charge in [-0.15, -0.1) is 0 Å². The van der Waals surface area contributed by atoms with Crippen molar-refractivity contribution in [1.82, 2.24) is 30.4 Å². The van der Waals surface area contributed by atoms with Crippen molar-refractivity contribution in [1.29, 1.82) is 0 Å². The van der Waals surface area contributed by atoms with Crippen LogP contribution in [0.2, 0.25) is 0 Å². The van der Waals surface area contributed by atoms with Gasteiger partial charge in [0, 0.05) is 30.4 Å².